The molecule has 0 amide bonds. The molecule has 10 heteroatoms. The van der Waals surface area contributed by atoms with Gasteiger partial charge in [0.05, 0.1) is 4.92 Å². The van der Waals surface area contributed by atoms with Gasteiger partial charge in [-0.05, 0) is 24.1 Å². The molecule has 0 spiro atoms. The molecule has 3 rings (SSSR count). The van der Waals surface area contributed by atoms with Crippen LogP contribution in [0.15, 0.2) is 16.7 Å². The van der Waals surface area contributed by atoms with Gasteiger partial charge in [-0.2, -0.15) is 10.2 Å². The van der Waals surface area contributed by atoms with Gasteiger partial charge in [0.2, 0.25) is 11.6 Å². The lowest BCUT2D eigenvalue weighted by atomic mass is 9.97. The molecule has 130 valence electrons. The highest BCUT2D eigenvalue weighted by Gasteiger charge is 2.27. The molecule has 0 aliphatic carbocycles. The van der Waals surface area contributed by atoms with Crippen molar-refractivity contribution in [2.45, 2.75) is 18.8 Å². The van der Waals surface area contributed by atoms with Crippen LogP contribution < -0.4 is 9.80 Å². The average molecular weight is 343 g/mol. The highest BCUT2D eigenvalue weighted by Crippen LogP contribution is 2.30. The predicted molar refractivity (Wildman–Crippen MR) is 88.4 cm³/mol. The molecule has 0 atom stereocenters. The maximum atomic E-state index is 10.9. The van der Waals surface area contributed by atoms with Crippen LogP contribution in [0.25, 0.3) is 0 Å². The standard InChI is InChI=1S/C15H17N7O3/c1-20(2)15-18-14(25-19-15)10-5-7-21(8-6-10)13-4-3-12(22(23)24)11(9-16)17-13/h3-4,10H,5-8H2,1-2H3. The van der Waals surface area contributed by atoms with Gasteiger partial charge in [-0.1, -0.05) is 0 Å². The molecule has 0 aromatic carbocycles. The number of piperidine rings is 1. The van der Waals surface area contributed by atoms with Gasteiger partial charge in [0.15, 0.2) is 0 Å². The lowest BCUT2D eigenvalue weighted by Crippen LogP contribution is -2.33. The molecule has 0 N–H and O–H groups in total. The maximum Gasteiger partial charge on any atom is 0.305 e. The molecular formula is C15H17N7O3. The summed E-state index contributed by atoms with van der Waals surface area (Å²) >= 11 is 0. The number of hydrogen-bond donors (Lipinski definition) is 0. The number of nitrogens with zero attached hydrogens (tertiary/aromatic N) is 7. The second-order valence-corrected chi connectivity index (χ2v) is 5.99. The van der Waals surface area contributed by atoms with Crippen LogP contribution in [0.1, 0.15) is 30.3 Å². The predicted octanol–water partition coefficient (Wildman–Crippen LogP) is 1.69. The third-order valence-electron chi connectivity index (χ3n) is 4.16. The topological polar surface area (TPSA) is 125 Å². The van der Waals surface area contributed by atoms with Crippen molar-refractivity contribution < 1.29 is 9.45 Å². The van der Waals surface area contributed by atoms with Crippen molar-refractivity contribution in [2.24, 2.45) is 0 Å². The molecular weight excluding hydrogens is 326 g/mol. The molecule has 1 fully saturated rings. The fourth-order valence-electron chi connectivity index (χ4n) is 2.78. The molecule has 1 aliphatic heterocycles. The summed E-state index contributed by atoms with van der Waals surface area (Å²) in [5.41, 5.74) is -0.444. The molecule has 2 aromatic heterocycles. The molecule has 1 aliphatic rings. The second kappa shape index (κ2) is 6.72. The smallest absolute Gasteiger partial charge is 0.305 e. The van der Waals surface area contributed by atoms with E-state index in [2.05, 4.69) is 15.1 Å². The van der Waals surface area contributed by atoms with E-state index in [4.69, 9.17) is 9.78 Å². The van der Waals surface area contributed by atoms with E-state index in [-0.39, 0.29) is 17.3 Å². The number of nitriles is 1. The Bertz CT molecular complexity index is 819. The van der Waals surface area contributed by atoms with Crippen molar-refractivity contribution in [3.8, 4) is 6.07 Å². The van der Waals surface area contributed by atoms with Crippen LogP contribution in [0.4, 0.5) is 17.5 Å². The van der Waals surface area contributed by atoms with Gasteiger partial charge < -0.3 is 14.3 Å². The minimum Gasteiger partial charge on any atom is -0.357 e. The first-order chi connectivity index (χ1) is 12.0. The first-order valence-electron chi connectivity index (χ1n) is 7.81. The Hall–Kier alpha value is -3.22. The van der Waals surface area contributed by atoms with E-state index in [0.717, 1.165) is 12.8 Å². The van der Waals surface area contributed by atoms with Gasteiger partial charge in [0.1, 0.15) is 11.9 Å². The Balaban J connectivity index is 1.70. The fraction of sp³-hybridized carbons (Fsp3) is 0.467. The molecule has 0 radical (unpaired) electrons. The summed E-state index contributed by atoms with van der Waals surface area (Å²) in [6, 6.07) is 4.69. The largest absolute Gasteiger partial charge is 0.357 e. The number of hydrogen-bond acceptors (Lipinski definition) is 9. The summed E-state index contributed by atoms with van der Waals surface area (Å²) < 4.78 is 5.33. The third kappa shape index (κ3) is 3.35. The summed E-state index contributed by atoms with van der Waals surface area (Å²) in [5.74, 6) is 1.91. The quantitative estimate of drug-likeness (QED) is 0.602. The SMILES string of the molecule is CN(C)c1noc(C2CCN(c3ccc([N+](=O)[O-])c(C#N)n3)CC2)n1. The monoisotopic (exact) mass is 343 g/mol. The summed E-state index contributed by atoms with van der Waals surface area (Å²) in [4.78, 5) is 22.6. The second-order valence-electron chi connectivity index (χ2n) is 5.99. The molecule has 0 unspecified atom stereocenters. The molecule has 10 nitrogen and oxygen atoms in total. The van der Waals surface area contributed by atoms with Gasteiger partial charge in [0.25, 0.3) is 5.95 Å². The van der Waals surface area contributed by atoms with Gasteiger partial charge >= 0.3 is 5.69 Å². The summed E-state index contributed by atoms with van der Waals surface area (Å²) in [5, 5.41) is 23.9. The average Bonchev–Trinajstić information content (AvgIpc) is 3.11. The molecule has 25 heavy (non-hydrogen) atoms. The number of aromatic nitrogens is 3. The lowest BCUT2D eigenvalue weighted by Gasteiger charge is -2.31. The van der Waals surface area contributed by atoms with E-state index in [9.17, 15) is 10.1 Å². The lowest BCUT2D eigenvalue weighted by molar-refractivity contribution is -0.385. The number of pyridine rings is 1. The minimum absolute atomic E-state index is 0.169. The zero-order valence-electron chi connectivity index (χ0n) is 13.9. The molecule has 0 saturated carbocycles. The normalized spacial score (nSPS) is 15.0. The van der Waals surface area contributed by atoms with Crippen LogP contribution >= 0.6 is 0 Å². The number of nitro groups is 1. The van der Waals surface area contributed by atoms with Crippen molar-refractivity contribution in [1.82, 2.24) is 15.1 Å². The van der Waals surface area contributed by atoms with Crippen molar-refractivity contribution in [3.63, 3.8) is 0 Å². The third-order valence-corrected chi connectivity index (χ3v) is 4.16. The number of rotatable bonds is 4. The molecule has 0 bridgehead atoms. The molecule has 2 aromatic rings. The van der Waals surface area contributed by atoms with Crippen LogP contribution in [0.3, 0.4) is 0 Å². The van der Waals surface area contributed by atoms with Crippen molar-refractivity contribution in [3.05, 3.63) is 33.8 Å². The van der Waals surface area contributed by atoms with Gasteiger partial charge in [-0.3, -0.25) is 10.1 Å². The van der Waals surface area contributed by atoms with E-state index in [1.165, 1.54) is 6.07 Å². The van der Waals surface area contributed by atoms with Crippen LogP contribution in [0.5, 0.6) is 0 Å². The van der Waals surface area contributed by atoms with E-state index >= 15 is 0 Å². The van der Waals surface area contributed by atoms with E-state index in [1.54, 1.807) is 17.0 Å². The van der Waals surface area contributed by atoms with Crippen LogP contribution in [-0.4, -0.2) is 47.2 Å². The van der Waals surface area contributed by atoms with Crippen molar-refractivity contribution in [2.75, 3.05) is 37.0 Å². The Kier molecular flexibility index (Phi) is 4.47. The Morgan fingerprint density at radius 1 is 1.36 bits per heavy atom. The van der Waals surface area contributed by atoms with Gasteiger partial charge in [-0.15, -0.1) is 0 Å². The Labute approximate surface area is 143 Å². The van der Waals surface area contributed by atoms with Gasteiger partial charge in [-0.25, -0.2) is 4.98 Å². The highest BCUT2D eigenvalue weighted by atomic mass is 16.6. The first kappa shape index (κ1) is 16.6. The summed E-state index contributed by atoms with van der Waals surface area (Å²) in [6.45, 7) is 1.39. The summed E-state index contributed by atoms with van der Waals surface area (Å²) in [7, 11) is 3.70. The van der Waals surface area contributed by atoms with Crippen LogP contribution in [-0.2, 0) is 0 Å². The Morgan fingerprint density at radius 2 is 2.08 bits per heavy atom. The van der Waals surface area contributed by atoms with E-state index in [0.29, 0.717) is 30.7 Å². The van der Waals surface area contributed by atoms with E-state index < -0.39 is 4.92 Å². The fourth-order valence-corrected chi connectivity index (χ4v) is 2.78. The van der Waals surface area contributed by atoms with E-state index in [1.807, 2.05) is 19.0 Å². The zero-order chi connectivity index (χ0) is 18.0. The molecule has 1 saturated heterocycles. The highest BCUT2D eigenvalue weighted by molar-refractivity contribution is 5.51. The molecule has 3 heterocycles. The maximum absolute atomic E-state index is 10.9. The zero-order valence-corrected chi connectivity index (χ0v) is 13.9. The Morgan fingerprint density at radius 3 is 2.64 bits per heavy atom. The minimum atomic E-state index is -0.598. The van der Waals surface area contributed by atoms with Crippen LogP contribution in [0, 0.1) is 21.4 Å². The van der Waals surface area contributed by atoms with Crippen LogP contribution in [0.2, 0.25) is 0 Å². The van der Waals surface area contributed by atoms with Gasteiger partial charge in [0, 0.05) is 39.2 Å². The van der Waals surface area contributed by atoms with Crippen molar-refractivity contribution >= 4 is 17.5 Å². The first-order valence-corrected chi connectivity index (χ1v) is 7.81. The summed E-state index contributed by atoms with van der Waals surface area (Å²) in [6.07, 6.45) is 1.60. The number of anilines is 2. The van der Waals surface area contributed by atoms with Crippen molar-refractivity contribution in [1.29, 1.82) is 5.26 Å².